The molecule has 1 heterocycles. The number of rotatable bonds is 5. The van der Waals surface area contributed by atoms with Crippen LogP contribution in [0.3, 0.4) is 0 Å². The van der Waals surface area contributed by atoms with Crippen molar-refractivity contribution >= 4 is 40.8 Å². The molecule has 6 nitrogen and oxygen atoms in total. The molecule has 0 unspecified atom stereocenters. The van der Waals surface area contributed by atoms with Gasteiger partial charge in [0.2, 0.25) is 0 Å². The van der Waals surface area contributed by atoms with E-state index in [9.17, 15) is 9.59 Å². The minimum atomic E-state index is -1.12. The maximum Gasteiger partial charge on any atom is 0.335 e. The van der Waals surface area contributed by atoms with E-state index >= 15 is 0 Å². The quantitative estimate of drug-likeness (QED) is 0.607. The first-order chi connectivity index (χ1) is 12.9. The van der Waals surface area contributed by atoms with Crippen molar-refractivity contribution in [1.29, 1.82) is 0 Å². The highest BCUT2D eigenvalue weighted by molar-refractivity contribution is 6.36. The van der Waals surface area contributed by atoms with Crippen LogP contribution < -0.4 is 10.1 Å². The zero-order valence-corrected chi connectivity index (χ0v) is 15.5. The molecule has 0 spiro atoms. The molecule has 1 amide bonds. The minimum Gasteiger partial charge on any atom is -0.495 e. The van der Waals surface area contributed by atoms with Crippen LogP contribution in [0, 0.1) is 0 Å². The van der Waals surface area contributed by atoms with Crippen LogP contribution in [0.4, 0.5) is 5.69 Å². The summed E-state index contributed by atoms with van der Waals surface area (Å²) < 4.78 is 10.7. The molecular weight excluding hydrogens is 393 g/mol. The lowest BCUT2D eigenvalue weighted by molar-refractivity contribution is 0.0696. The fourth-order valence-electron chi connectivity index (χ4n) is 2.42. The van der Waals surface area contributed by atoms with Crippen LogP contribution in [-0.2, 0) is 0 Å². The lowest BCUT2D eigenvalue weighted by Gasteiger charge is -2.10. The van der Waals surface area contributed by atoms with Crippen molar-refractivity contribution in [1.82, 2.24) is 0 Å². The lowest BCUT2D eigenvalue weighted by Crippen LogP contribution is -2.12. The number of aromatic carboxylic acids is 1. The predicted octanol–water partition coefficient (Wildman–Crippen LogP) is 5.21. The molecule has 3 rings (SSSR count). The zero-order chi connectivity index (χ0) is 19.6. The third kappa shape index (κ3) is 4.07. The smallest absolute Gasteiger partial charge is 0.335 e. The fraction of sp³-hybridized carbons (Fsp3) is 0.0526. The average Bonchev–Trinajstić information content (AvgIpc) is 3.11. The molecule has 0 saturated heterocycles. The highest BCUT2D eigenvalue weighted by Crippen LogP contribution is 2.32. The van der Waals surface area contributed by atoms with Gasteiger partial charge in [-0.1, -0.05) is 23.2 Å². The number of halogens is 2. The van der Waals surface area contributed by atoms with E-state index in [0.29, 0.717) is 27.1 Å². The van der Waals surface area contributed by atoms with Crippen molar-refractivity contribution < 1.29 is 23.8 Å². The van der Waals surface area contributed by atoms with E-state index in [1.807, 2.05) is 0 Å². The summed E-state index contributed by atoms with van der Waals surface area (Å²) in [7, 11) is 1.42. The van der Waals surface area contributed by atoms with E-state index in [0.717, 1.165) is 0 Å². The Morgan fingerprint density at radius 2 is 1.85 bits per heavy atom. The Morgan fingerprint density at radius 3 is 2.52 bits per heavy atom. The second-order valence-corrected chi connectivity index (χ2v) is 6.31. The van der Waals surface area contributed by atoms with Crippen molar-refractivity contribution in [2.75, 3.05) is 12.4 Å². The minimum absolute atomic E-state index is 0.0131. The average molecular weight is 406 g/mol. The summed E-state index contributed by atoms with van der Waals surface area (Å²) in [5.74, 6) is -0.939. The number of carbonyl (C=O) groups excluding carboxylic acids is 1. The second-order valence-electron chi connectivity index (χ2n) is 5.46. The van der Waals surface area contributed by atoms with Gasteiger partial charge in [-0.25, -0.2) is 4.79 Å². The molecule has 0 fully saturated rings. The van der Waals surface area contributed by atoms with Crippen LogP contribution in [0.2, 0.25) is 10.0 Å². The normalized spacial score (nSPS) is 10.5. The Kier molecular flexibility index (Phi) is 5.39. The Labute approximate surface area is 164 Å². The number of hydrogen-bond acceptors (Lipinski definition) is 4. The maximum atomic E-state index is 12.5. The number of amides is 1. The molecule has 8 heteroatoms. The van der Waals surface area contributed by atoms with Crippen molar-refractivity contribution in [3.63, 3.8) is 0 Å². The van der Waals surface area contributed by atoms with Gasteiger partial charge in [0.1, 0.15) is 11.5 Å². The molecule has 138 valence electrons. The molecule has 2 aromatic carbocycles. The number of carboxylic acid groups (broad SMARTS) is 1. The summed E-state index contributed by atoms with van der Waals surface area (Å²) >= 11 is 12.0. The largest absolute Gasteiger partial charge is 0.495 e. The number of carbonyl (C=O) groups is 2. The van der Waals surface area contributed by atoms with E-state index in [1.165, 1.54) is 31.4 Å². The molecule has 0 aliphatic carbocycles. The van der Waals surface area contributed by atoms with E-state index in [-0.39, 0.29) is 17.0 Å². The number of methoxy groups -OCH3 is 1. The molecule has 0 atom stereocenters. The van der Waals surface area contributed by atoms with E-state index in [1.54, 1.807) is 24.3 Å². The molecular formula is C19H13Cl2NO5. The van der Waals surface area contributed by atoms with E-state index in [2.05, 4.69) is 5.32 Å². The molecule has 0 aliphatic rings. The topological polar surface area (TPSA) is 88.8 Å². The zero-order valence-electron chi connectivity index (χ0n) is 14.0. The third-order valence-corrected chi connectivity index (χ3v) is 4.27. The first-order valence-corrected chi connectivity index (χ1v) is 8.42. The monoisotopic (exact) mass is 405 g/mol. The van der Waals surface area contributed by atoms with Gasteiger partial charge < -0.3 is 19.6 Å². The van der Waals surface area contributed by atoms with Crippen LogP contribution >= 0.6 is 23.2 Å². The van der Waals surface area contributed by atoms with Crippen LogP contribution in [0.15, 0.2) is 52.9 Å². The van der Waals surface area contributed by atoms with Gasteiger partial charge in [0.25, 0.3) is 5.91 Å². The summed E-state index contributed by atoms with van der Waals surface area (Å²) in [5.41, 5.74) is 0.814. The lowest BCUT2D eigenvalue weighted by atomic mass is 10.2. The molecule has 0 aliphatic heterocycles. The molecule has 3 aromatic rings. The predicted molar refractivity (Wildman–Crippen MR) is 102 cm³/mol. The molecule has 0 radical (unpaired) electrons. The fourth-order valence-corrected chi connectivity index (χ4v) is 2.92. The summed E-state index contributed by atoms with van der Waals surface area (Å²) in [6.45, 7) is 0. The number of anilines is 1. The van der Waals surface area contributed by atoms with Crippen molar-refractivity contribution in [2.24, 2.45) is 0 Å². The maximum absolute atomic E-state index is 12.5. The molecule has 1 aromatic heterocycles. The number of ether oxygens (including phenoxy) is 1. The Hall–Kier alpha value is -2.96. The molecule has 0 saturated carbocycles. The first-order valence-electron chi connectivity index (χ1n) is 7.67. The van der Waals surface area contributed by atoms with Crippen molar-refractivity contribution in [3.05, 3.63) is 69.9 Å². The second kappa shape index (κ2) is 7.73. The standard InChI is InChI=1S/C19H13Cl2NO5/c1-26-16-5-2-10(19(24)25)8-14(16)22-18(23)17-7-6-15(27-17)12-4-3-11(20)9-13(12)21/h2-9H,1H3,(H,22,23)(H,24,25). The van der Waals surface area contributed by atoms with E-state index in [4.69, 9.17) is 37.5 Å². The number of benzene rings is 2. The number of furan rings is 1. The summed E-state index contributed by atoms with van der Waals surface area (Å²) in [6, 6.07) is 12.2. The molecule has 27 heavy (non-hydrogen) atoms. The number of nitrogens with one attached hydrogen (secondary N) is 1. The van der Waals surface area contributed by atoms with Crippen LogP contribution in [0.5, 0.6) is 5.75 Å². The molecule has 0 bridgehead atoms. The van der Waals surface area contributed by atoms with Gasteiger partial charge in [-0.2, -0.15) is 0 Å². The number of hydrogen-bond donors (Lipinski definition) is 2. The van der Waals surface area contributed by atoms with Gasteiger partial charge in [-0.15, -0.1) is 0 Å². The van der Waals surface area contributed by atoms with Gasteiger partial charge in [-0.05, 0) is 48.5 Å². The van der Waals surface area contributed by atoms with Gasteiger partial charge in [0.15, 0.2) is 5.76 Å². The van der Waals surface area contributed by atoms with Crippen LogP contribution in [-0.4, -0.2) is 24.1 Å². The Morgan fingerprint density at radius 1 is 1.07 bits per heavy atom. The van der Waals surface area contributed by atoms with Crippen molar-refractivity contribution in [3.8, 4) is 17.1 Å². The first kappa shape index (κ1) is 18.8. The summed E-state index contributed by atoms with van der Waals surface area (Å²) in [5, 5.41) is 12.6. The van der Waals surface area contributed by atoms with Gasteiger partial charge >= 0.3 is 5.97 Å². The van der Waals surface area contributed by atoms with Gasteiger partial charge in [0.05, 0.1) is 23.4 Å². The highest BCUT2D eigenvalue weighted by atomic mass is 35.5. The van der Waals surface area contributed by atoms with Gasteiger partial charge in [-0.3, -0.25) is 4.79 Å². The van der Waals surface area contributed by atoms with Crippen LogP contribution in [0.1, 0.15) is 20.9 Å². The molecule has 2 N–H and O–H groups in total. The Bertz CT molecular complexity index is 1030. The third-order valence-electron chi connectivity index (χ3n) is 3.72. The van der Waals surface area contributed by atoms with Gasteiger partial charge in [0, 0.05) is 10.6 Å². The summed E-state index contributed by atoms with van der Waals surface area (Å²) in [4.78, 5) is 23.6. The van der Waals surface area contributed by atoms with E-state index < -0.39 is 11.9 Å². The summed E-state index contributed by atoms with van der Waals surface area (Å²) in [6.07, 6.45) is 0. The van der Waals surface area contributed by atoms with Crippen molar-refractivity contribution in [2.45, 2.75) is 0 Å². The highest BCUT2D eigenvalue weighted by Gasteiger charge is 2.17. The number of carboxylic acids is 1. The Balaban J connectivity index is 1.87. The van der Waals surface area contributed by atoms with Crippen LogP contribution in [0.25, 0.3) is 11.3 Å². The SMILES string of the molecule is COc1ccc(C(=O)O)cc1NC(=O)c1ccc(-c2ccc(Cl)cc2Cl)o1.